The molecule has 0 aliphatic heterocycles. The number of anilines is 2. The zero-order valence-electron chi connectivity index (χ0n) is 14.9. The van der Waals surface area contributed by atoms with Crippen molar-refractivity contribution >= 4 is 63.0 Å². The lowest BCUT2D eigenvalue weighted by molar-refractivity contribution is 0.262. The molecule has 6 nitrogen and oxygen atoms in total. The Balaban J connectivity index is 1.71. The Bertz CT molecular complexity index is 1260. The molecule has 4 rings (SSSR count). The van der Waals surface area contributed by atoms with Crippen LogP contribution in [0.25, 0.3) is 10.9 Å². The number of fused-ring (bicyclic) bond motifs is 1. The van der Waals surface area contributed by atoms with Crippen molar-refractivity contribution in [2.45, 2.75) is 6.54 Å². The standard InChI is InChI=1S/C20H14Cl2N4O2S/c21-15-8-7-12(10-16(15)22)23-19(27)25-18-14-5-1-2-6-17(14)24-20(28)26(18)11-13-4-3-9-29-13/h1-10H,11H2,(H2,23,25,27). The highest BCUT2D eigenvalue weighted by Gasteiger charge is 2.15. The third-order valence-corrected chi connectivity index (χ3v) is 5.78. The van der Waals surface area contributed by atoms with E-state index in [4.69, 9.17) is 23.2 Å². The van der Waals surface area contributed by atoms with E-state index in [2.05, 4.69) is 15.6 Å². The largest absolute Gasteiger partial charge is 0.350 e. The Hall–Kier alpha value is -2.87. The number of carbonyl (C=O) groups excluding carboxylic acids is 1. The summed E-state index contributed by atoms with van der Waals surface area (Å²) in [6.07, 6.45) is 0. The maximum Gasteiger partial charge on any atom is 0.350 e. The first-order valence-corrected chi connectivity index (χ1v) is 10.2. The van der Waals surface area contributed by atoms with Crippen LogP contribution in [0.15, 0.2) is 64.8 Å². The Morgan fingerprint density at radius 1 is 1.03 bits per heavy atom. The molecule has 146 valence electrons. The molecule has 29 heavy (non-hydrogen) atoms. The Kier molecular flexibility index (Phi) is 5.53. The van der Waals surface area contributed by atoms with Crippen molar-refractivity contribution in [3.63, 3.8) is 0 Å². The fourth-order valence-electron chi connectivity index (χ4n) is 2.86. The quantitative estimate of drug-likeness (QED) is 0.438. The van der Waals surface area contributed by atoms with E-state index in [1.54, 1.807) is 30.3 Å². The van der Waals surface area contributed by atoms with Crippen LogP contribution in [0.1, 0.15) is 4.88 Å². The summed E-state index contributed by atoms with van der Waals surface area (Å²) in [6.45, 7) is 0.302. The first-order chi connectivity index (χ1) is 14.0. The van der Waals surface area contributed by atoms with Crippen LogP contribution in [0.2, 0.25) is 10.0 Å². The molecule has 0 aliphatic rings. The summed E-state index contributed by atoms with van der Waals surface area (Å²) in [4.78, 5) is 30.4. The maximum atomic E-state index is 12.7. The van der Waals surface area contributed by atoms with Crippen LogP contribution in [-0.2, 0) is 6.54 Å². The topological polar surface area (TPSA) is 76.0 Å². The minimum Gasteiger partial charge on any atom is -0.308 e. The highest BCUT2D eigenvalue weighted by atomic mass is 35.5. The average molecular weight is 445 g/mol. The van der Waals surface area contributed by atoms with Gasteiger partial charge >= 0.3 is 11.7 Å². The number of nitrogens with zero attached hydrogens (tertiary/aromatic N) is 2. The molecular formula is C20H14Cl2N4O2S. The normalized spacial score (nSPS) is 10.8. The number of rotatable bonds is 4. The van der Waals surface area contributed by atoms with E-state index in [9.17, 15) is 9.59 Å². The summed E-state index contributed by atoms with van der Waals surface area (Å²) in [7, 11) is 0. The first-order valence-electron chi connectivity index (χ1n) is 8.56. The summed E-state index contributed by atoms with van der Waals surface area (Å²) in [5, 5.41) is 8.80. The summed E-state index contributed by atoms with van der Waals surface area (Å²) in [6, 6.07) is 15.2. The number of para-hydroxylation sites is 1. The van der Waals surface area contributed by atoms with Gasteiger partial charge in [-0.1, -0.05) is 41.4 Å². The van der Waals surface area contributed by atoms with Gasteiger partial charge in [0.25, 0.3) is 0 Å². The van der Waals surface area contributed by atoms with Crippen molar-refractivity contribution in [2.75, 3.05) is 10.6 Å². The molecule has 2 N–H and O–H groups in total. The SMILES string of the molecule is O=C(Nc1ccc(Cl)c(Cl)c1)Nc1c2ccccc2nc(=O)n1Cc1cccs1. The lowest BCUT2D eigenvalue weighted by Crippen LogP contribution is -2.30. The summed E-state index contributed by atoms with van der Waals surface area (Å²) in [5.74, 6) is 0.367. The highest BCUT2D eigenvalue weighted by Crippen LogP contribution is 2.26. The second kappa shape index (κ2) is 8.24. The van der Waals surface area contributed by atoms with E-state index in [0.29, 0.717) is 39.0 Å². The molecule has 0 aliphatic carbocycles. The van der Waals surface area contributed by atoms with Gasteiger partial charge < -0.3 is 5.32 Å². The molecule has 0 bridgehead atoms. The number of aromatic nitrogens is 2. The highest BCUT2D eigenvalue weighted by molar-refractivity contribution is 7.09. The predicted octanol–water partition coefficient (Wildman–Crippen LogP) is 5.46. The van der Waals surface area contributed by atoms with Crippen LogP contribution in [0.3, 0.4) is 0 Å². The molecule has 2 aromatic carbocycles. The monoisotopic (exact) mass is 444 g/mol. The molecule has 0 fully saturated rings. The minimum absolute atomic E-state index is 0.302. The van der Waals surface area contributed by atoms with Crippen molar-refractivity contribution in [1.29, 1.82) is 0 Å². The Morgan fingerprint density at radius 2 is 1.86 bits per heavy atom. The van der Waals surface area contributed by atoms with Gasteiger partial charge in [-0.15, -0.1) is 11.3 Å². The summed E-state index contributed by atoms with van der Waals surface area (Å²) in [5.41, 5.74) is 0.536. The molecule has 0 atom stereocenters. The molecular weight excluding hydrogens is 431 g/mol. The van der Waals surface area contributed by atoms with Crippen molar-refractivity contribution in [2.24, 2.45) is 0 Å². The zero-order chi connectivity index (χ0) is 20.4. The average Bonchev–Trinajstić information content (AvgIpc) is 3.20. The van der Waals surface area contributed by atoms with Crippen LogP contribution in [0, 0.1) is 0 Å². The smallest absolute Gasteiger partial charge is 0.308 e. The number of benzene rings is 2. The second-order valence-electron chi connectivity index (χ2n) is 6.13. The van der Waals surface area contributed by atoms with E-state index in [0.717, 1.165) is 4.88 Å². The van der Waals surface area contributed by atoms with E-state index in [1.807, 2.05) is 29.6 Å². The number of amides is 2. The molecule has 0 spiro atoms. The molecule has 2 aromatic heterocycles. The van der Waals surface area contributed by atoms with Gasteiger partial charge in [0, 0.05) is 16.0 Å². The van der Waals surface area contributed by atoms with Gasteiger partial charge in [-0.3, -0.25) is 9.88 Å². The number of nitrogens with one attached hydrogen (secondary N) is 2. The molecule has 0 saturated heterocycles. The van der Waals surface area contributed by atoms with Crippen molar-refractivity contribution in [1.82, 2.24) is 9.55 Å². The van der Waals surface area contributed by atoms with Gasteiger partial charge in [0.2, 0.25) is 0 Å². The number of thiophene rings is 1. The minimum atomic E-state index is -0.515. The summed E-state index contributed by atoms with van der Waals surface area (Å²) >= 11 is 13.4. The van der Waals surface area contributed by atoms with Crippen LogP contribution >= 0.6 is 34.5 Å². The molecule has 2 amide bonds. The number of hydrogen-bond donors (Lipinski definition) is 2. The van der Waals surface area contributed by atoms with Gasteiger partial charge in [-0.2, -0.15) is 4.98 Å². The van der Waals surface area contributed by atoms with E-state index in [1.165, 1.54) is 15.9 Å². The second-order valence-corrected chi connectivity index (χ2v) is 7.98. The van der Waals surface area contributed by atoms with E-state index >= 15 is 0 Å². The lowest BCUT2D eigenvalue weighted by atomic mass is 10.2. The van der Waals surface area contributed by atoms with Crippen molar-refractivity contribution < 1.29 is 4.79 Å². The fourth-order valence-corrected chi connectivity index (χ4v) is 3.85. The van der Waals surface area contributed by atoms with E-state index in [-0.39, 0.29) is 0 Å². The third kappa shape index (κ3) is 4.27. The van der Waals surface area contributed by atoms with Gasteiger partial charge in [-0.25, -0.2) is 9.59 Å². The zero-order valence-corrected chi connectivity index (χ0v) is 17.2. The molecule has 0 unspecified atom stereocenters. The maximum absolute atomic E-state index is 12.7. The molecule has 4 aromatic rings. The fraction of sp³-hybridized carbons (Fsp3) is 0.0500. The third-order valence-electron chi connectivity index (χ3n) is 4.18. The van der Waals surface area contributed by atoms with E-state index < -0.39 is 11.7 Å². The van der Waals surface area contributed by atoms with Crippen LogP contribution < -0.4 is 16.3 Å². The van der Waals surface area contributed by atoms with Gasteiger partial charge in [0.15, 0.2) is 0 Å². The molecule has 0 radical (unpaired) electrons. The van der Waals surface area contributed by atoms with Gasteiger partial charge in [-0.05, 0) is 41.8 Å². The van der Waals surface area contributed by atoms with Crippen molar-refractivity contribution in [3.8, 4) is 0 Å². The molecule has 2 heterocycles. The van der Waals surface area contributed by atoms with Crippen molar-refractivity contribution in [3.05, 3.63) is 85.4 Å². The lowest BCUT2D eigenvalue weighted by Gasteiger charge is -2.16. The molecule has 0 saturated carbocycles. The van der Waals surface area contributed by atoms with Crippen LogP contribution in [-0.4, -0.2) is 15.6 Å². The predicted molar refractivity (Wildman–Crippen MR) is 119 cm³/mol. The first kappa shape index (κ1) is 19.4. The number of carbonyl (C=O) groups is 1. The number of urea groups is 1. The molecule has 9 heteroatoms. The van der Waals surface area contributed by atoms with Gasteiger partial charge in [0.1, 0.15) is 5.82 Å². The number of hydrogen-bond acceptors (Lipinski definition) is 4. The number of halogens is 2. The van der Waals surface area contributed by atoms with Crippen LogP contribution in [0.5, 0.6) is 0 Å². The van der Waals surface area contributed by atoms with Crippen LogP contribution in [0.4, 0.5) is 16.3 Å². The Morgan fingerprint density at radius 3 is 2.62 bits per heavy atom. The summed E-state index contributed by atoms with van der Waals surface area (Å²) < 4.78 is 1.45. The Labute approximate surface area is 179 Å². The van der Waals surface area contributed by atoms with Gasteiger partial charge in [0.05, 0.1) is 22.1 Å².